The van der Waals surface area contributed by atoms with Gasteiger partial charge in [0, 0.05) is 18.0 Å². The molecule has 0 saturated carbocycles. The Morgan fingerprint density at radius 2 is 2.46 bits per heavy atom. The van der Waals surface area contributed by atoms with E-state index in [0.29, 0.717) is 6.61 Å². The maximum atomic E-state index is 5.06. The van der Waals surface area contributed by atoms with Crippen molar-refractivity contribution in [2.24, 2.45) is 5.16 Å². The molecule has 0 aliphatic carbocycles. The van der Waals surface area contributed by atoms with Gasteiger partial charge in [-0.05, 0) is 25.5 Å². The average Bonchev–Trinajstić information content (AvgIpc) is 2.19. The van der Waals surface area contributed by atoms with Crippen LogP contribution in [0.3, 0.4) is 0 Å². The second-order valence-electron chi connectivity index (χ2n) is 2.75. The highest BCUT2D eigenvalue weighted by Gasteiger charge is 1.95. The SMILES string of the molecule is CCCO/N=C(/C)c1cccnc1. The van der Waals surface area contributed by atoms with Crippen molar-refractivity contribution in [3.8, 4) is 0 Å². The van der Waals surface area contributed by atoms with Crippen LogP contribution in [0.1, 0.15) is 25.8 Å². The fraction of sp³-hybridized carbons (Fsp3) is 0.400. The molecular formula is C10H14N2O. The van der Waals surface area contributed by atoms with E-state index < -0.39 is 0 Å². The van der Waals surface area contributed by atoms with Gasteiger partial charge in [-0.1, -0.05) is 12.1 Å². The number of hydrogen-bond donors (Lipinski definition) is 0. The Kier molecular flexibility index (Phi) is 3.96. The van der Waals surface area contributed by atoms with Crippen LogP contribution >= 0.6 is 0 Å². The number of pyridine rings is 1. The third-order valence-electron chi connectivity index (χ3n) is 1.58. The standard InChI is InChI=1S/C10H14N2O/c1-3-7-13-12-9(2)10-5-4-6-11-8-10/h4-6,8H,3,7H2,1-2H3/b12-9-. The molecule has 0 bridgehead atoms. The number of nitrogens with zero attached hydrogens (tertiary/aromatic N) is 2. The molecule has 0 amide bonds. The van der Waals surface area contributed by atoms with Crippen molar-refractivity contribution in [2.75, 3.05) is 6.61 Å². The van der Waals surface area contributed by atoms with E-state index in [1.807, 2.05) is 19.1 Å². The molecule has 1 aromatic rings. The van der Waals surface area contributed by atoms with Gasteiger partial charge >= 0.3 is 0 Å². The quantitative estimate of drug-likeness (QED) is 0.402. The van der Waals surface area contributed by atoms with E-state index in [1.54, 1.807) is 12.4 Å². The summed E-state index contributed by atoms with van der Waals surface area (Å²) in [5.74, 6) is 0. The van der Waals surface area contributed by atoms with E-state index in [1.165, 1.54) is 0 Å². The lowest BCUT2D eigenvalue weighted by Gasteiger charge is -1.99. The summed E-state index contributed by atoms with van der Waals surface area (Å²) in [7, 11) is 0. The molecule has 0 aliphatic rings. The lowest BCUT2D eigenvalue weighted by molar-refractivity contribution is 0.145. The van der Waals surface area contributed by atoms with Crippen molar-refractivity contribution in [1.82, 2.24) is 4.98 Å². The first kappa shape index (κ1) is 9.71. The van der Waals surface area contributed by atoms with Gasteiger partial charge in [0.1, 0.15) is 6.61 Å². The molecular weight excluding hydrogens is 164 g/mol. The minimum atomic E-state index is 0.664. The molecule has 0 aliphatic heterocycles. The van der Waals surface area contributed by atoms with Crippen molar-refractivity contribution in [3.63, 3.8) is 0 Å². The predicted molar refractivity (Wildman–Crippen MR) is 52.7 cm³/mol. The number of hydrogen-bond acceptors (Lipinski definition) is 3. The molecule has 0 fully saturated rings. The lowest BCUT2D eigenvalue weighted by Crippen LogP contribution is -1.97. The summed E-state index contributed by atoms with van der Waals surface area (Å²) in [6.07, 6.45) is 4.49. The third-order valence-corrected chi connectivity index (χ3v) is 1.58. The summed E-state index contributed by atoms with van der Waals surface area (Å²) in [5, 5.41) is 3.96. The second-order valence-corrected chi connectivity index (χ2v) is 2.75. The first-order valence-corrected chi connectivity index (χ1v) is 4.41. The van der Waals surface area contributed by atoms with Crippen molar-refractivity contribution in [3.05, 3.63) is 30.1 Å². The van der Waals surface area contributed by atoms with Gasteiger partial charge in [-0.3, -0.25) is 4.98 Å². The Balaban J connectivity index is 2.57. The number of aromatic nitrogens is 1. The van der Waals surface area contributed by atoms with E-state index in [-0.39, 0.29) is 0 Å². The number of oxime groups is 1. The average molecular weight is 178 g/mol. The molecule has 1 rings (SSSR count). The molecule has 70 valence electrons. The van der Waals surface area contributed by atoms with Gasteiger partial charge in [0.25, 0.3) is 0 Å². The first-order chi connectivity index (χ1) is 6.34. The Labute approximate surface area is 78.4 Å². The summed E-state index contributed by atoms with van der Waals surface area (Å²) in [4.78, 5) is 9.06. The minimum Gasteiger partial charge on any atom is -0.396 e. The summed E-state index contributed by atoms with van der Waals surface area (Å²) in [6.45, 7) is 4.62. The third kappa shape index (κ3) is 3.23. The molecule has 3 nitrogen and oxygen atoms in total. The molecule has 0 unspecified atom stereocenters. The highest BCUT2D eigenvalue weighted by molar-refractivity contribution is 5.97. The topological polar surface area (TPSA) is 34.5 Å². The van der Waals surface area contributed by atoms with Crippen molar-refractivity contribution >= 4 is 5.71 Å². The van der Waals surface area contributed by atoms with Gasteiger partial charge in [-0.15, -0.1) is 0 Å². The van der Waals surface area contributed by atoms with E-state index in [2.05, 4.69) is 17.1 Å². The summed E-state index contributed by atoms with van der Waals surface area (Å²) < 4.78 is 0. The van der Waals surface area contributed by atoms with Crippen LogP contribution in [0.25, 0.3) is 0 Å². The molecule has 3 heteroatoms. The monoisotopic (exact) mass is 178 g/mol. The van der Waals surface area contributed by atoms with Gasteiger partial charge < -0.3 is 4.84 Å². The van der Waals surface area contributed by atoms with Crippen LogP contribution in [0.15, 0.2) is 29.7 Å². The maximum absolute atomic E-state index is 5.06. The highest BCUT2D eigenvalue weighted by atomic mass is 16.6. The Morgan fingerprint density at radius 3 is 3.08 bits per heavy atom. The van der Waals surface area contributed by atoms with Gasteiger partial charge in [0.2, 0.25) is 0 Å². The largest absolute Gasteiger partial charge is 0.396 e. The minimum absolute atomic E-state index is 0.664. The van der Waals surface area contributed by atoms with Gasteiger partial charge in [0.05, 0.1) is 5.71 Å². The summed E-state index contributed by atoms with van der Waals surface area (Å²) >= 11 is 0. The van der Waals surface area contributed by atoms with Crippen molar-refractivity contribution < 1.29 is 4.84 Å². The van der Waals surface area contributed by atoms with Crippen LogP contribution in [0, 0.1) is 0 Å². The zero-order valence-corrected chi connectivity index (χ0v) is 8.03. The molecule has 0 N–H and O–H groups in total. The molecule has 0 atom stereocenters. The zero-order valence-electron chi connectivity index (χ0n) is 8.03. The Hall–Kier alpha value is -1.38. The zero-order chi connectivity index (χ0) is 9.52. The van der Waals surface area contributed by atoms with E-state index in [0.717, 1.165) is 17.7 Å². The highest BCUT2D eigenvalue weighted by Crippen LogP contribution is 1.98. The molecule has 0 aromatic carbocycles. The summed E-state index contributed by atoms with van der Waals surface area (Å²) in [6, 6.07) is 3.84. The van der Waals surface area contributed by atoms with E-state index >= 15 is 0 Å². The summed E-state index contributed by atoms with van der Waals surface area (Å²) in [5.41, 5.74) is 1.86. The second kappa shape index (κ2) is 5.30. The maximum Gasteiger partial charge on any atom is 0.116 e. The normalized spacial score (nSPS) is 11.4. The van der Waals surface area contributed by atoms with E-state index in [4.69, 9.17) is 4.84 Å². The molecule has 0 radical (unpaired) electrons. The Bertz CT molecular complexity index is 270. The van der Waals surface area contributed by atoms with Gasteiger partial charge in [-0.2, -0.15) is 0 Å². The van der Waals surface area contributed by atoms with Crippen LogP contribution in [0.2, 0.25) is 0 Å². The fourth-order valence-corrected chi connectivity index (χ4v) is 0.863. The van der Waals surface area contributed by atoms with E-state index in [9.17, 15) is 0 Å². The molecule has 0 saturated heterocycles. The fourth-order valence-electron chi connectivity index (χ4n) is 0.863. The van der Waals surface area contributed by atoms with Gasteiger partial charge in [0.15, 0.2) is 0 Å². The molecule has 1 aromatic heterocycles. The van der Waals surface area contributed by atoms with Crippen LogP contribution in [-0.4, -0.2) is 17.3 Å². The first-order valence-electron chi connectivity index (χ1n) is 4.41. The van der Waals surface area contributed by atoms with Crippen molar-refractivity contribution in [2.45, 2.75) is 20.3 Å². The predicted octanol–water partition coefficient (Wildman–Crippen LogP) is 2.23. The Morgan fingerprint density at radius 1 is 1.62 bits per heavy atom. The molecule has 1 heterocycles. The van der Waals surface area contributed by atoms with Gasteiger partial charge in [-0.25, -0.2) is 0 Å². The van der Waals surface area contributed by atoms with Crippen LogP contribution in [0.4, 0.5) is 0 Å². The van der Waals surface area contributed by atoms with Crippen molar-refractivity contribution in [1.29, 1.82) is 0 Å². The van der Waals surface area contributed by atoms with Crippen LogP contribution in [0.5, 0.6) is 0 Å². The smallest absolute Gasteiger partial charge is 0.116 e. The lowest BCUT2D eigenvalue weighted by atomic mass is 10.2. The molecule has 13 heavy (non-hydrogen) atoms. The van der Waals surface area contributed by atoms with Crippen LogP contribution in [-0.2, 0) is 4.84 Å². The number of rotatable bonds is 4. The van der Waals surface area contributed by atoms with Crippen LogP contribution < -0.4 is 0 Å². The molecule has 0 spiro atoms.